The molecule has 1 aliphatic heterocycles. The zero-order chi connectivity index (χ0) is 11.2. The minimum atomic E-state index is -0.988. The smallest absolute Gasteiger partial charge is 0.335 e. The van der Waals surface area contributed by atoms with Gasteiger partial charge in [-0.25, -0.2) is 4.79 Å². The second-order valence-electron chi connectivity index (χ2n) is 4.39. The van der Waals surface area contributed by atoms with E-state index in [1.165, 1.54) is 12.1 Å². The number of benzene rings is 1. The molecule has 4 nitrogen and oxygen atoms in total. The van der Waals surface area contributed by atoms with Gasteiger partial charge in [0.2, 0.25) is 0 Å². The number of ether oxygens (including phenoxy) is 1. The number of carbonyl (C=O) groups is 1. The number of aromatic carboxylic acids is 1. The normalized spacial score (nSPS) is 16.9. The first-order valence-electron chi connectivity index (χ1n) is 4.74. The maximum Gasteiger partial charge on any atom is 0.335 e. The Morgan fingerprint density at radius 3 is 2.80 bits per heavy atom. The van der Waals surface area contributed by atoms with Gasteiger partial charge in [0, 0.05) is 17.7 Å². The van der Waals surface area contributed by atoms with Crippen molar-refractivity contribution in [1.82, 2.24) is 0 Å². The molecule has 1 aliphatic rings. The van der Waals surface area contributed by atoms with Crippen molar-refractivity contribution >= 4 is 11.7 Å². The summed E-state index contributed by atoms with van der Waals surface area (Å²) in [5, 5.41) is 8.86. The molecule has 15 heavy (non-hydrogen) atoms. The van der Waals surface area contributed by atoms with Crippen LogP contribution in [0.5, 0.6) is 5.75 Å². The Kier molecular flexibility index (Phi) is 1.89. The van der Waals surface area contributed by atoms with Crippen LogP contribution in [0.3, 0.4) is 0 Å². The number of hydrogen-bond acceptors (Lipinski definition) is 3. The number of carboxylic acid groups (broad SMARTS) is 1. The highest BCUT2D eigenvalue weighted by Crippen LogP contribution is 2.39. The Morgan fingerprint density at radius 2 is 2.20 bits per heavy atom. The van der Waals surface area contributed by atoms with Gasteiger partial charge >= 0.3 is 5.97 Å². The first-order valence-corrected chi connectivity index (χ1v) is 4.74. The van der Waals surface area contributed by atoms with E-state index < -0.39 is 5.97 Å². The Balaban J connectivity index is 2.51. The van der Waals surface area contributed by atoms with E-state index in [1.807, 2.05) is 13.8 Å². The number of carboxylic acids is 1. The Bertz CT molecular complexity index is 438. The maximum atomic E-state index is 10.8. The summed E-state index contributed by atoms with van der Waals surface area (Å²) in [6.45, 7) is 3.90. The molecule has 1 aromatic rings. The van der Waals surface area contributed by atoms with Crippen LogP contribution in [0.15, 0.2) is 12.1 Å². The molecule has 0 unspecified atom stereocenters. The quantitative estimate of drug-likeness (QED) is 0.687. The fourth-order valence-corrected chi connectivity index (χ4v) is 1.83. The van der Waals surface area contributed by atoms with Gasteiger partial charge in [0.15, 0.2) is 0 Å². The molecule has 0 atom stereocenters. The molecular formula is C11H13NO3. The predicted molar refractivity (Wildman–Crippen MR) is 56.2 cm³/mol. The van der Waals surface area contributed by atoms with Gasteiger partial charge in [-0.05, 0) is 26.0 Å². The highest BCUT2D eigenvalue weighted by molar-refractivity contribution is 5.90. The van der Waals surface area contributed by atoms with Crippen LogP contribution < -0.4 is 10.5 Å². The van der Waals surface area contributed by atoms with Crippen LogP contribution in [-0.4, -0.2) is 16.7 Å². The minimum absolute atomic E-state index is 0.170. The average molecular weight is 207 g/mol. The van der Waals surface area contributed by atoms with Crippen molar-refractivity contribution < 1.29 is 14.6 Å². The largest absolute Gasteiger partial charge is 0.487 e. The average Bonchev–Trinajstić information content (AvgIpc) is 2.39. The van der Waals surface area contributed by atoms with Crippen molar-refractivity contribution in [3.05, 3.63) is 23.3 Å². The monoisotopic (exact) mass is 207 g/mol. The van der Waals surface area contributed by atoms with Gasteiger partial charge in [-0.3, -0.25) is 0 Å². The lowest BCUT2D eigenvalue weighted by atomic mass is 9.99. The highest BCUT2D eigenvalue weighted by Gasteiger charge is 2.32. The lowest BCUT2D eigenvalue weighted by Crippen LogP contribution is -2.24. The number of nitrogen functional groups attached to an aromatic ring is 1. The minimum Gasteiger partial charge on any atom is -0.487 e. The molecule has 0 fully saturated rings. The van der Waals surface area contributed by atoms with E-state index in [4.69, 9.17) is 15.6 Å². The molecule has 0 spiro atoms. The van der Waals surface area contributed by atoms with Gasteiger partial charge in [0.25, 0.3) is 0 Å². The molecule has 80 valence electrons. The van der Waals surface area contributed by atoms with Gasteiger partial charge in [-0.2, -0.15) is 0 Å². The summed E-state index contributed by atoms with van der Waals surface area (Å²) in [5.74, 6) is -0.393. The first-order chi connectivity index (χ1) is 6.89. The van der Waals surface area contributed by atoms with Crippen molar-refractivity contribution in [2.75, 3.05) is 5.73 Å². The molecule has 3 N–H and O–H groups in total. The van der Waals surface area contributed by atoms with E-state index in [0.29, 0.717) is 17.9 Å². The Hall–Kier alpha value is -1.71. The van der Waals surface area contributed by atoms with Crippen LogP contribution in [0.25, 0.3) is 0 Å². The van der Waals surface area contributed by atoms with Crippen LogP contribution >= 0.6 is 0 Å². The molecule has 0 amide bonds. The lowest BCUT2D eigenvalue weighted by molar-refractivity contribution is 0.0695. The predicted octanol–water partition coefficient (Wildman–Crippen LogP) is 1.68. The molecule has 1 heterocycles. The molecule has 4 heteroatoms. The molecule has 2 rings (SSSR count). The summed E-state index contributed by atoms with van der Waals surface area (Å²) in [6.07, 6.45) is 0.716. The molecule has 0 saturated heterocycles. The SMILES string of the molecule is CC1(C)Cc2c(N)cc(C(=O)O)cc2O1. The first kappa shape index (κ1) is 9.83. The van der Waals surface area contributed by atoms with Crippen molar-refractivity contribution in [3.63, 3.8) is 0 Å². The molecule has 0 saturated carbocycles. The molecule has 0 radical (unpaired) electrons. The van der Waals surface area contributed by atoms with Crippen LogP contribution in [0, 0.1) is 0 Å². The summed E-state index contributed by atoms with van der Waals surface area (Å²) in [5.41, 5.74) is 7.06. The van der Waals surface area contributed by atoms with Crippen molar-refractivity contribution in [3.8, 4) is 5.75 Å². The van der Waals surface area contributed by atoms with Crippen LogP contribution in [0.1, 0.15) is 29.8 Å². The van der Waals surface area contributed by atoms with Crippen molar-refractivity contribution in [2.24, 2.45) is 0 Å². The summed E-state index contributed by atoms with van der Waals surface area (Å²) in [6, 6.07) is 3.01. The van der Waals surface area contributed by atoms with Crippen molar-refractivity contribution in [1.29, 1.82) is 0 Å². The third-order valence-corrected chi connectivity index (χ3v) is 2.48. The topological polar surface area (TPSA) is 72.6 Å². The zero-order valence-electron chi connectivity index (χ0n) is 8.70. The van der Waals surface area contributed by atoms with Gasteiger partial charge in [0.05, 0.1) is 5.56 Å². The second-order valence-corrected chi connectivity index (χ2v) is 4.39. The van der Waals surface area contributed by atoms with Crippen LogP contribution in [0.2, 0.25) is 0 Å². The summed E-state index contributed by atoms with van der Waals surface area (Å²) in [4.78, 5) is 10.8. The summed E-state index contributed by atoms with van der Waals surface area (Å²) in [7, 11) is 0. The van der Waals surface area contributed by atoms with Gasteiger partial charge in [-0.1, -0.05) is 0 Å². The van der Waals surface area contributed by atoms with E-state index in [1.54, 1.807) is 0 Å². The molecule has 0 bridgehead atoms. The van der Waals surface area contributed by atoms with E-state index >= 15 is 0 Å². The second kappa shape index (κ2) is 2.89. The van der Waals surface area contributed by atoms with Crippen molar-refractivity contribution in [2.45, 2.75) is 25.9 Å². The van der Waals surface area contributed by atoms with Gasteiger partial charge in [0.1, 0.15) is 11.4 Å². The molecule has 1 aromatic carbocycles. The fraction of sp³-hybridized carbons (Fsp3) is 0.364. The van der Waals surface area contributed by atoms with Gasteiger partial charge in [-0.15, -0.1) is 0 Å². The third kappa shape index (κ3) is 1.63. The maximum absolute atomic E-state index is 10.8. The van der Waals surface area contributed by atoms with E-state index in [0.717, 1.165) is 5.56 Å². The van der Waals surface area contributed by atoms with E-state index in [-0.39, 0.29) is 11.2 Å². The molecule has 0 aliphatic carbocycles. The summed E-state index contributed by atoms with van der Waals surface area (Å²) < 4.78 is 5.62. The number of hydrogen-bond donors (Lipinski definition) is 2. The molecular weight excluding hydrogens is 194 g/mol. The van der Waals surface area contributed by atoms with Crippen LogP contribution in [-0.2, 0) is 6.42 Å². The summed E-state index contributed by atoms with van der Waals surface area (Å²) >= 11 is 0. The number of fused-ring (bicyclic) bond motifs is 1. The highest BCUT2D eigenvalue weighted by atomic mass is 16.5. The number of nitrogens with two attached hydrogens (primary N) is 1. The lowest BCUT2D eigenvalue weighted by Gasteiger charge is -2.16. The third-order valence-electron chi connectivity index (χ3n) is 2.48. The van der Waals surface area contributed by atoms with E-state index in [9.17, 15) is 4.79 Å². The zero-order valence-corrected chi connectivity index (χ0v) is 8.70. The molecule has 0 aromatic heterocycles. The van der Waals surface area contributed by atoms with Gasteiger partial charge < -0.3 is 15.6 Å². The standard InChI is InChI=1S/C11H13NO3/c1-11(2)5-7-8(12)3-6(10(13)14)4-9(7)15-11/h3-4H,5,12H2,1-2H3,(H,13,14). The Labute approximate surface area is 87.7 Å². The Morgan fingerprint density at radius 1 is 1.53 bits per heavy atom. The van der Waals surface area contributed by atoms with E-state index in [2.05, 4.69) is 0 Å². The fourth-order valence-electron chi connectivity index (χ4n) is 1.83. The van der Waals surface area contributed by atoms with Crippen LogP contribution in [0.4, 0.5) is 5.69 Å². The number of anilines is 1. The number of rotatable bonds is 1.